The Bertz CT molecular complexity index is 691. The van der Waals surface area contributed by atoms with E-state index in [9.17, 15) is 4.79 Å². The standard InChI is InChI=1S/C22H32N4O2/c1-22(2,3)28-21(27)26-15-18-11-19(16-26)14-25(13-18)10-4-9-24-20-7-5-17(12-23)6-8-20/h5-8,18-19,24H,4,9-11,13-16H2,1-3H3. The Morgan fingerprint density at radius 1 is 1.18 bits per heavy atom. The third-order valence-electron chi connectivity index (χ3n) is 5.30. The molecule has 6 heteroatoms. The van der Waals surface area contributed by atoms with E-state index in [4.69, 9.17) is 10.00 Å². The number of carbonyl (C=O) groups is 1. The molecule has 6 nitrogen and oxygen atoms in total. The van der Waals surface area contributed by atoms with Crippen molar-refractivity contribution in [1.29, 1.82) is 5.26 Å². The van der Waals surface area contributed by atoms with Crippen LogP contribution < -0.4 is 5.32 Å². The van der Waals surface area contributed by atoms with Gasteiger partial charge in [-0.2, -0.15) is 5.26 Å². The molecule has 28 heavy (non-hydrogen) atoms. The third-order valence-corrected chi connectivity index (χ3v) is 5.30. The minimum Gasteiger partial charge on any atom is -0.444 e. The van der Waals surface area contributed by atoms with Crippen molar-refractivity contribution < 1.29 is 9.53 Å². The lowest BCUT2D eigenvalue weighted by Gasteiger charge is -2.45. The lowest BCUT2D eigenvalue weighted by atomic mass is 9.85. The summed E-state index contributed by atoms with van der Waals surface area (Å²) < 4.78 is 5.55. The second-order valence-corrected chi connectivity index (χ2v) is 9.08. The number of fused-ring (bicyclic) bond motifs is 2. The number of amides is 1. The molecule has 2 saturated heterocycles. The number of nitriles is 1. The topological polar surface area (TPSA) is 68.6 Å². The van der Waals surface area contributed by atoms with Crippen LogP contribution in [0, 0.1) is 23.2 Å². The summed E-state index contributed by atoms with van der Waals surface area (Å²) in [6.45, 7) is 11.5. The number of benzene rings is 1. The number of likely N-dealkylation sites (tertiary alicyclic amines) is 2. The molecule has 2 unspecified atom stereocenters. The van der Waals surface area contributed by atoms with Crippen LogP contribution in [0.15, 0.2) is 24.3 Å². The molecule has 0 aliphatic carbocycles. The summed E-state index contributed by atoms with van der Waals surface area (Å²) in [7, 11) is 0. The maximum atomic E-state index is 12.4. The van der Waals surface area contributed by atoms with E-state index in [2.05, 4.69) is 16.3 Å². The molecule has 1 aromatic rings. The second-order valence-electron chi connectivity index (χ2n) is 9.08. The van der Waals surface area contributed by atoms with Gasteiger partial charge in [0.15, 0.2) is 0 Å². The molecular weight excluding hydrogens is 352 g/mol. The Balaban J connectivity index is 1.39. The van der Waals surface area contributed by atoms with Crippen molar-refractivity contribution in [3.05, 3.63) is 29.8 Å². The number of rotatable bonds is 5. The van der Waals surface area contributed by atoms with E-state index < -0.39 is 5.60 Å². The van der Waals surface area contributed by atoms with Gasteiger partial charge in [0.1, 0.15) is 5.60 Å². The van der Waals surface area contributed by atoms with Gasteiger partial charge in [-0.1, -0.05) is 0 Å². The Kier molecular flexibility index (Phi) is 6.46. The molecule has 2 heterocycles. The lowest BCUT2D eigenvalue weighted by Crippen LogP contribution is -2.54. The zero-order valence-electron chi connectivity index (χ0n) is 17.3. The van der Waals surface area contributed by atoms with Crippen LogP contribution in [-0.4, -0.2) is 60.8 Å². The first-order valence-electron chi connectivity index (χ1n) is 10.3. The summed E-state index contributed by atoms with van der Waals surface area (Å²) in [6, 6.07) is 9.72. The van der Waals surface area contributed by atoms with E-state index in [1.807, 2.05) is 49.9 Å². The minimum atomic E-state index is -0.433. The zero-order valence-corrected chi connectivity index (χ0v) is 17.3. The first kappa shape index (κ1) is 20.5. The highest BCUT2D eigenvalue weighted by Gasteiger charge is 2.37. The van der Waals surface area contributed by atoms with Crippen LogP contribution in [-0.2, 0) is 4.74 Å². The van der Waals surface area contributed by atoms with Crippen LogP contribution in [0.3, 0.4) is 0 Å². The van der Waals surface area contributed by atoms with E-state index in [0.717, 1.165) is 51.4 Å². The van der Waals surface area contributed by atoms with Crippen molar-refractivity contribution in [2.45, 2.75) is 39.2 Å². The van der Waals surface area contributed by atoms with Crippen LogP contribution in [0.2, 0.25) is 0 Å². The van der Waals surface area contributed by atoms with Gasteiger partial charge in [-0.25, -0.2) is 4.79 Å². The summed E-state index contributed by atoms with van der Waals surface area (Å²) in [5.74, 6) is 1.10. The van der Waals surface area contributed by atoms with Gasteiger partial charge in [0.25, 0.3) is 0 Å². The molecule has 0 saturated carbocycles. The average molecular weight is 385 g/mol. The van der Waals surface area contributed by atoms with E-state index in [-0.39, 0.29) is 6.09 Å². The van der Waals surface area contributed by atoms with Crippen molar-refractivity contribution >= 4 is 11.8 Å². The van der Waals surface area contributed by atoms with Gasteiger partial charge >= 0.3 is 6.09 Å². The first-order valence-corrected chi connectivity index (χ1v) is 10.3. The molecule has 0 radical (unpaired) electrons. The molecule has 3 rings (SSSR count). The molecule has 2 atom stereocenters. The number of carbonyl (C=O) groups excluding carboxylic acids is 1. The van der Waals surface area contributed by atoms with Crippen LogP contribution in [0.5, 0.6) is 0 Å². The fourth-order valence-electron chi connectivity index (χ4n) is 4.24. The lowest BCUT2D eigenvalue weighted by molar-refractivity contribution is -0.00950. The SMILES string of the molecule is CC(C)(C)OC(=O)N1CC2CC(CN(CCCNc3ccc(C#N)cc3)C2)C1. The van der Waals surface area contributed by atoms with E-state index in [1.54, 1.807) is 0 Å². The smallest absolute Gasteiger partial charge is 0.410 e. The van der Waals surface area contributed by atoms with Crippen molar-refractivity contribution in [3.8, 4) is 6.07 Å². The van der Waals surface area contributed by atoms with Gasteiger partial charge < -0.3 is 19.9 Å². The summed E-state index contributed by atoms with van der Waals surface area (Å²) in [5.41, 5.74) is 1.31. The summed E-state index contributed by atoms with van der Waals surface area (Å²) in [4.78, 5) is 16.8. The van der Waals surface area contributed by atoms with Gasteiger partial charge in [0.05, 0.1) is 11.6 Å². The summed E-state index contributed by atoms with van der Waals surface area (Å²) >= 11 is 0. The third kappa shape index (κ3) is 5.87. The molecule has 1 amide bonds. The molecular formula is C22H32N4O2. The van der Waals surface area contributed by atoms with E-state index in [0.29, 0.717) is 17.4 Å². The molecule has 2 fully saturated rings. The Labute approximate surface area is 168 Å². The number of nitrogens with zero attached hydrogens (tertiary/aromatic N) is 3. The van der Waals surface area contributed by atoms with Crippen LogP contribution in [0.4, 0.5) is 10.5 Å². The normalized spacial score (nSPS) is 22.4. The largest absolute Gasteiger partial charge is 0.444 e. The number of ether oxygens (including phenoxy) is 1. The number of nitrogens with one attached hydrogen (secondary N) is 1. The Hall–Kier alpha value is -2.26. The second kappa shape index (κ2) is 8.83. The number of hydrogen-bond donors (Lipinski definition) is 1. The zero-order chi connectivity index (χ0) is 20.1. The maximum absolute atomic E-state index is 12.4. The summed E-state index contributed by atoms with van der Waals surface area (Å²) in [5, 5.41) is 12.3. The molecule has 2 bridgehead atoms. The highest BCUT2D eigenvalue weighted by Crippen LogP contribution is 2.29. The molecule has 0 spiro atoms. The van der Waals surface area contributed by atoms with Gasteiger partial charge in [-0.05, 0) is 76.3 Å². The molecule has 2 aliphatic rings. The Morgan fingerprint density at radius 2 is 1.82 bits per heavy atom. The Morgan fingerprint density at radius 3 is 2.39 bits per heavy atom. The fraction of sp³-hybridized carbons (Fsp3) is 0.636. The molecule has 1 aromatic carbocycles. The van der Waals surface area contributed by atoms with Crippen LogP contribution in [0.25, 0.3) is 0 Å². The molecule has 2 aliphatic heterocycles. The predicted octanol–water partition coefficient (Wildman–Crippen LogP) is 3.55. The van der Waals surface area contributed by atoms with Gasteiger partial charge in [0, 0.05) is 38.4 Å². The van der Waals surface area contributed by atoms with Crippen molar-refractivity contribution in [3.63, 3.8) is 0 Å². The van der Waals surface area contributed by atoms with E-state index in [1.165, 1.54) is 6.42 Å². The highest BCUT2D eigenvalue weighted by molar-refractivity contribution is 5.68. The van der Waals surface area contributed by atoms with Crippen LogP contribution >= 0.6 is 0 Å². The first-order chi connectivity index (χ1) is 13.3. The van der Waals surface area contributed by atoms with E-state index >= 15 is 0 Å². The molecule has 1 N–H and O–H groups in total. The minimum absolute atomic E-state index is 0.165. The average Bonchev–Trinajstić information content (AvgIpc) is 2.63. The number of piperidine rings is 2. The monoisotopic (exact) mass is 384 g/mol. The van der Waals surface area contributed by atoms with Crippen LogP contribution in [0.1, 0.15) is 39.2 Å². The van der Waals surface area contributed by atoms with Crippen molar-refractivity contribution in [1.82, 2.24) is 9.80 Å². The summed E-state index contributed by atoms with van der Waals surface area (Å²) in [6.07, 6.45) is 2.14. The van der Waals surface area contributed by atoms with Crippen molar-refractivity contribution in [2.24, 2.45) is 11.8 Å². The maximum Gasteiger partial charge on any atom is 0.410 e. The number of anilines is 1. The van der Waals surface area contributed by atoms with Gasteiger partial charge in [-0.3, -0.25) is 0 Å². The molecule has 0 aromatic heterocycles. The quantitative estimate of drug-likeness (QED) is 0.786. The van der Waals surface area contributed by atoms with Gasteiger partial charge in [0.2, 0.25) is 0 Å². The molecule has 152 valence electrons. The highest BCUT2D eigenvalue weighted by atomic mass is 16.6. The number of hydrogen-bond acceptors (Lipinski definition) is 5. The predicted molar refractivity (Wildman–Crippen MR) is 110 cm³/mol. The fourth-order valence-corrected chi connectivity index (χ4v) is 4.24. The van der Waals surface area contributed by atoms with Gasteiger partial charge in [-0.15, -0.1) is 0 Å². The van der Waals surface area contributed by atoms with Crippen molar-refractivity contribution in [2.75, 3.05) is 44.6 Å².